The van der Waals surface area contributed by atoms with Gasteiger partial charge in [-0.25, -0.2) is 4.79 Å². The van der Waals surface area contributed by atoms with Crippen LogP contribution in [-0.2, 0) is 38.1 Å². The minimum absolute atomic E-state index is 0.117. The Balaban J connectivity index is 5.82. The van der Waals surface area contributed by atoms with Gasteiger partial charge in [-0.05, 0) is 37.0 Å². The maximum atomic E-state index is 13.5. The molecule has 3 atom stereocenters. The van der Waals surface area contributed by atoms with E-state index in [4.69, 9.17) is 18.9 Å². The van der Waals surface area contributed by atoms with Crippen molar-refractivity contribution in [3.8, 4) is 0 Å². The molecule has 0 saturated carbocycles. The zero-order valence-electron chi connectivity index (χ0n) is 26.5. The monoisotopic (exact) mass is 570 g/mol. The first-order chi connectivity index (χ1) is 19.1. The maximum Gasteiger partial charge on any atom is 0.351 e. The summed E-state index contributed by atoms with van der Waals surface area (Å²) < 4.78 is 22.2. The number of hydrogen-bond acceptors (Lipinski definition) is 8. The highest BCUT2D eigenvalue weighted by Gasteiger charge is 2.49. The summed E-state index contributed by atoms with van der Waals surface area (Å²) in [7, 11) is 0. The van der Waals surface area contributed by atoms with Gasteiger partial charge in [0, 0.05) is 6.92 Å². The Morgan fingerprint density at radius 1 is 0.575 bits per heavy atom. The van der Waals surface area contributed by atoms with Gasteiger partial charge in [-0.3, -0.25) is 14.4 Å². The number of carbonyl (C=O) groups excluding carboxylic acids is 4. The lowest BCUT2D eigenvalue weighted by Gasteiger charge is -2.30. The molecule has 0 fully saturated rings. The summed E-state index contributed by atoms with van der Waals surface area (Å²) in [5.74, 6) is -2.61. The topological polar surface area (TPSA) is 105 Å². The van der Waals surface area contributed by atoms with Crippen LogP contribution in [0, 0.1) is 17.8 Å². The second-order valence-electron chi connectivity index (χ2n) is 11.2. The quantitative estimate of drug-likeness (QED) is 0.0876. The highest BCUT2D eigenvalue weighted by atomic mass is 16.6. The van der Waals surface area contributed by atoms with Gasteiger partial charge in [0.15, 0.2) is 0 Å². The average molecular weight is 571 g/mol. The van der Waals surface area contributed by atoms with Gasteiger partial charge in [-0.1, -0.05) is 99.3 Å². The summed E-state index contributed by atoms with van der Waals surface area (Å²) in [5.41, 5.74) is -2.14. The van der Waals surface area contributed by atoms with Crippen molar-refractivity contribution in [2.75, 3.05) is 19.8 Å². The first-order valence-electron chi connectivity index (χ1n) is 15.8. The highest BCUT2D eigenvalue weighted by Crippen LogP contribution is 2.27. The van der Waals surface area contributed by atoms with E-state index >= 15 is 0 Å². The van der Waals surface area contributed by atoms with Crippen LogP contribution in [-0.4, -0.2) is 49.3 Å². The van der Waals surface area contributed by atoms with Gasteiger partial charge in [0.25, 0.3) is 0 Å². The molecule has 0 rings (SSSR count). The van der Waals surface area contributed by atoms with Crippen LogP contribution < -0.4 is 0 Å². The summed E-state index contributed by atoms with van der Waals surface area (Å²) in [6.07, 6.45) is 10.2. The number of hydrogen-bond donors (Lipinski definition) is 0. The Morgan fingerprint density at radius 3 is 1.23 bits per heavy atom. The smallest absolute Gasteiger partial charge is 0.351 e. The van der Waals surface area contributed by atoms with Crippen molar-refractivity contribution >= 4 is 23.9 Å². The summed E-state index contributed by atoms with van der Waals surface area (Å²) >= 11 is 0. The Hall–Kier alpha value is -2.12. The molecule has 8 heteroatoms. The molecular formula is C32H58O8. The molecule has 0 bridgehead atoms. The minimum Gasteiger partial charge on any atom is -0.465 e. The van der Waals surface area contributed by atoms with Crippen LogP contribution in [0.1, 0.15) is 138 Å². The van der Waals surface area contributed by atoms with E-state index in [1.165, 1.54) is 0 Å². The molecule has 40 heavy (non-hydrogen) atoms. The molecule has 0 saturated heterocycles. The van der Waals surface area contributed by atoms with Crippen molar-refractivity contribution in [3.63, 3.8) is 0 Å². The van der Waals surface area contributed by atoms with Crippen LogP contribution in [0.5, 0.6) is 0 Å². The van der Waals surface area contributed by atoms with E-state index in [1.807, 2.05) is 20.8 Å². The fourth-order valence-electron chi connectivity index (χ4n) is 4.61. The third kappa shape index (κ3) is 16.2. The van der Waals surface area contributed by atoms with Gasteiger partial charge in [0.1, 0.15) is 0 Å². The zero-order chi connectivity index (χ0) is 30.4. The number of ether oxygens (including phenoxy) is 4. The van der Waals surface area contributed by atoms with Crippen molar-refractivity contribution < 1.29 is 38.1 Å². The summed E-state index contributed by atoms with van der Waals surface area (Å²) in [6, 6.07) is 0. The average Bonchev–Trinajstić information content (AvgIpc) is 2.92. The van der Waals surface area contributed by atoms with Crippen LogP contribution in [0.15, 0.2) is 0 Å². The van der Waals surface area contributed by atoms with E-state index in [1.54, 1.807) is 0 Å². The van der Waals surface area contributed by atoms with Crippen molar-refractivity contribution in [1.82, 2.24) is 0 Å². The van der Waals surface area contributed by atoms with Crippen molar-refractivity contribution in [2.45, 2.75) is 144 Å². The van der Waals surface area contributed by atoms with E-state index < -0.39 is 42.3 Å². The van der Waals surface area contributed by atoms with Crippen LogP contribution in [0.4, 0.5) is 0 Å². The Bertz CT molecular complexity index is 686. The minimum atomic E-state index is -2.14. The van der Waals surface area contributed by atoms with Crippen LogP contribution in [0.3, 0.4) is 0 Å². The second-order valence-corrected chi connectivity index (χ2v) is 11.2. The van der Waals surface area contributed by atoms with Crippen molar-refractivity contribution in [3.05, 3.63) is 0 Å². The summed E-state index contributed by atoms with van der Waals surface area (Å²) in [5, 5.41) is 0. The van der Waals surface area contributed by atoms with Gasteiger partial charge in [-0.2, -0.15) is 0 Å². The third-order valence-corrected chi connectivity index (χ3v) is 7.61. The summed E-state index contributed by atoms with van der Waals surface area (Å²) in [6.45, 7) is 14.1. The van der Waals surface area contributed by atoms with Crippen LogP contribution in [0.2, 0.25) is 0 Å². The molecule has 0 aliphatic heterocycles. The Morgan fingerprint density at radius 2 is 0.925 bits per heavy atom. The molecule has 0 amide bonds. The van der Waals surface area contributed by atoms with Crippen LogP contribution in [0.25, 0.3) is 0 Å². The number of carbonyl (C=O) groups is 4. The first kappa shape index (κ1) is 37.9. The number of unbranched alkanes of at least 4 members (excludes halogenated alkanes) is 3. The van der Waals surface area contributed by atoms with Crippen LogP contribution >= 0.6 is 0 Å². The van der Waals surface area contributed by atoms with E-state index in [0.29, 0.717) is 0 Å². The summed E-state index contributed by atoms with van der Waals surface area (Å²) in [4.78, 5) is 51.7. The maximum absolute atomic E-state index is 13.5. The normalized spacial score (nSPS) is 14.9. The van der Waals surface area contributed by atoms with E-state index in [0.717, 1.165) is 84.0 Å². The molecule has 0 radical (unpaired) electrons. The lowest BCUT2D eigenvalue weighted by atomic mass is 9.94. The molecule has 234 valence electrons. The Labute approximate surface area is 243 Å². The first-order valence-corrected chi connectivity index (χ1v) is 15.8. The lowest BCUT2D eigenvalue weighted by Crippen LogP contribution is -2.49. The molecular weight excluding hydrogens is 512 g/mol. The third-order valence-electron chi connectivity index (χ3n) is 7.61. The van der Waals surface area contributed by atoms with E-state index in [9.17, 15) is 19.2 Å². The highest BCUT2D eigenvalue weighted by molar-refractivity contribution is 5.92. The molecule has 3 unspecified atom stereocenters. The molecule has 0 aliphatic rings. The molecule has 0 aromatic heterocycles. The molecule has 0 spiro atoms. The predicted octanol–water partition coefficient (Wildman–Crippen LogP) is 7.35. The fourth-order valence-corrected chi connectivity index (χ4v) is 4.61. The molecule has 0 aromatic carbocycles. The molecule has 0 aromatic rings. The van der Waals surface area contributed by atoms with Gasteiger partial charge in [0.05, 0.1) is 32.7 Å². The standard InChI is InChI=1S/C32H58O8/c1-8-14-17-26(11-4)22-37-29(34)20-32(40-25(7)33,31(36)39-24-28(13-6)19-16-10-3)21-30(35)38-23-27(12-5)18-15-9-2/h26-28H,8-24H2,1-7H3. The molecule has 0 heterocycles. The van der Waals surface area contributed by atoms with Gasteiger partial charge >= 0.3 is 23.9 Å². The lowest BCUT2D eigenvalue weighted by molar-refractivity contribution is -0.191. The largest absolute Gasteiger partial charge is 0.465 e. The van der Waals surface area contributed by atoms with E-state index in [2.05, 4.69) is 20.8 Å². The zero-order valence-corrected chi connectivity index (χ0v) is 26.5. The fraction of sp³-hybridized carbons (Fsp3) is 0.875. The second kappa shape index (κ2) is 22.6. The van der Waals surface area contributed by atoms with Gasteiger partial charge < -0.3 is 18.9 Å². The van der Waals surface area contributed by atoms with Gasteiger partial charge in [-0.15, -0.1) is 0 Å². The van der Waals surface area contributed by atoms with Crippen molar-refractivity contribution in [2.24, 2.45) is 17.8 Å². The van der Waals surface area contributed by atoms with Crippen molar-refractivity contribution in [1.29, 1.82) is 0 Å². The number of esters is 4. The SMILES string of the molecule is CCCCC(CC)COC(=O)CC(CC(=O)OCC(CC)CCCC)(OC(C)=O)C(=O)OCC(CC)CCCC. The van der Waals surface area contributed by atoms with E-state index in [-0.39, 0.29) is 37.6 Å². The number of rotatable bonds is 24. The molecule has 0 N–H and O–H groups in total. The Kier molecular flexibility index (Phi) is 21.4. The molecule has 0 aliphatic carbocycles. The predicted molar refractivity (Wildman–Crippen MR) is 157 cm³/mol. The van der Waals surface area contributed by atoms with Gasteiger partial charge in [0.2, 0.25) is 5.60 Å². The molecule has 8 nitrogen and oxygen atoms in total.